The predicted octanol–water partition coefficient (Wildman–Crippen LogP) is 3.74. The minimum Gasteiger partial charge on any atom is -0.265 e. The third-order valence-corrected chi connectivity index (χ3v) is 1.94. The Bertz CT molecular complexity index is 446. The van der Waals surface area contributed by atoms with E-state index in [0.717, 1.165) is 11.0 Å². The molecule has 0 N–H and O–H groups in total. The quantitative estimate of drug-likeness (QED) is 0.600. The zero-order valence-corrected chi connectivity index (χ0v) is 10.7. The Morgan fingerprint density at radius 3 is 1.44 bits per heavy atom. The van der Waals surface area contributed by atoms with E-state index >= 15 is 0 Å². The standard InChI is InChI=1S/C8H6N2.C5H5N.C2H6/c1-2-4-8-7(3-1)9-5-6-10-8;1-2-4-6-5-3-1;1-2/h1-6H;1-5H;1-2H3. The van der Waals surface area contributed by atoms with Gasteiger partial charge < -0.3 is 0 Å². The molecule has 0 spiro atoms. The molecule has 2 heterocycles. The summed E-state index contributed by atoms with van der Waals surface area (Å²) in [5.41, 5.74) is 1.90. The first-order valence-electron chi connectivity index (χ1n) is 5.97. The van der Waals surface area contributed by atoms with Crippen molar-refractivity contribution in [2.24, 2.45) is 0 Å². The van der Waals surface area contributed by atoms with Gasteiger partial charge in [-0.25, -0.2) is 0 Å². The summed E-state index contributed by atoms with van der Waals surface area (Å²) >= 11 is 0. The van der Waals surface area contributed by atoms with Crippen LogP contribution in [0.1, 0.15) is 13.8 Å². The Hall–Kier alpha value is -2.29. The molecule has 0 amide bonds. The smallest absolute Gasteiger partial charge is 0.0886 e. The third-order valence-electron chi connectivity index (χ3n) is 1.94. The lowest BCUT2D eigenvalue weighted by atomic mass is 10.3. The zero-order chi connectivity index (χ0) is 13.1. The lowest BCUT2D eigenvalue weighted by molar-refractivity contribution is 1.29. The maximum atomic E-state index is 4.12. The number of benzene rings is 1. The molecule has 0 unspecified atom stereocenters. The summed E-state index contributed by atoms with van der Waals surface area (Å²) in [7, 11) is 0. The topological polar surface area (TPSA) is 38.7 Å². The maximum Gasteiger partial charge on any atom is 0.0886 e. The van der Waals surface area contributed by atoms with E-state index in [4.69, 9.17) is 0 Å². The van der Waals surface area contributed by atoms with Crippen LogP contribution in [0.25, 0.3) is 11.0 Å². The Morgan fingerprint density at radius 1 is 0.611 bits per heavy atom. The van der Waals surface area contributed by atoms with Crippen molar-refractivity contribution in [3.63, 3.8) is 0 Å². The fourth-order valence-electron chi connectivity index (χ4n) is 1.22. The monoisotopic (exact) mass is 239 g/mol. The molecule has 0 atom stereocenters. The summed E-state index contributed by atoms with van der Waals surface area (Å²) in [5, 5.41) is 0. The Labute approximate surface area is 108 Å². The number of rotatable bonds is 0. The van der Waals surface area contributed by atoms with Gasteiger partial charge in [0.15, 0.2) is 0 Å². The highest BCUT2D eigenvalue weighted by molar-refractivity contribution is 5.72. The fraction of sp³-hybridized carbons (Fsp3) is 0.133. The van der Waals surface area contributed by atoms with E-state index in [1.54, 1.807) is 24.8 Å². The van der Waals surface area contributed by atoms with E-state index in [0.29, 0.717) is 0 Å². The molecule has 92 valence electrons. The Balaban J connectivity index is 0.000000174. The molecule has 0 aliphatic carbocycles. The SMILES string of the molecule is CC.c1ccc2nccnc2c1.c1ccncc1. The van der Waals surface area contributed by atoms with Crippen LogP contribution >= 0.6 is 0 Å². The van der Waals surface area contributed by atoms with Gasteiger partial charge in [-0.05, 0) is 24.3 Å². The van der Waals surface area contributed by atoms with Gasteiger partial charge in [-0.15, -0.1) is 0 Å². The number of fused-ring (bicyclic) bond motifs is 1. The molecule has 3 rings (SSSR count). The summed E-state index contributed by atoms with van der Waals surface area (Å²) in [5.74, 6) is 0. The van der Waals surface area contributed by atoms with E-state index in [-0.39, 0.29) is 0 Å². The molecule has 0 bridgehead atoms. The molecule has 3 aromatic rings. The van der Waals surface area contributed by atoms with Crippen LogP contribution in [0.5, 0.6) is 0 Å². The van der Waals surface area contributed by atoms with E-state index in [1.807, 2.05) is 56.3 Å². The summed E-state index contributed by atoms with van der Waals surface area (Å²) in [4.78, 5) is 12.0. The number of hydrogen-bond donors (Lipinski definition) is 0. The molecule has 3 nitrogen and oxygen atoms in total. The van der Waals surface area contributed by atoms with E-state index in [1.165, 1.54) is 0 Å². The van der Waals surface area contributed by atoms with Crippen molar-refractivity contribution in [2.75, 3.05) is 0 Å². The number of nitrogens with zero attached hydrogens (tertiary/aromatic N) is 3. The van der Waals surface area contributed by atoms with Gasteiger partial charge in [0.2, 0.25) is 0 Å². The van der Waals surface area contributed by atoms with Gasteiger partial charge in [0, 0.05) is 24.8 Å². The molecular formula is C15H17N3. The number of pyridine rings is 1. The van der Waals surface area contributed by atoms with E-state index < -0.39 is 0 Å². The summed E-state index contributed by atoms with van der Waals surface area (Å²) in [6, 6.07) is 13.5. The number of para-hydroxylation sites is 2. The average molecular weight is 239 g/mol. The summed E-state index contributed by atoms with van der Waals surface area (Å²) in [6.45, 7) is 4.00. The van der Waals surface area contributed by atoms with Crippen LogP contribution in [0.2, 0.25) is 0 Å². The number of aromatic nitrogens is 3. The molecule has 18 heavy (non-hydrogen) atoms. The van der Waals surface area contributed by atoms with Crippen LogP contribution in [0.15, 0.2) is 67.3 Å². The first-order chi connectivity index (χ1) is 8.97. The highest BCUT2D eigenvalue weighted by Gasteiger charge is 1.88. The highest BCUT2D eigenvalue weighted by atomic mass is 14.8. The molecule has 0 saturated carbocycles. The van der Waals surface area contributed by atoms with Crippen LogP contribution in [0, 0.1) is 0 Å². The van der Waals surface area contributed by atoms with Crippen molar-refractivity contribution in [1.29, 1.82) is 0 Å². The fourth-order valence-corrected chi connectivity index (χ4v) is 1.22. The average Bonchev–Trinajstić information content (AvgIpc) is 2.52. The molecule has 0 radical (unpaired) electrons. The third kappa shape index (κ3) is 4.70. The van der Waals surface area contributed by atoms with Crippen molar-refractivity contribution in [3.8, 4) is 0 Å². The Morgan fingerprint density at radius 2 is 1.11 bits per heavy atom. The number of hydrogen-bond acceptors (Lipinski definition) is 3. The molecule has 0 aliphatic heterocycles. The van der Waals surface area contributed by atoms with Gasteiger partial charge in [0.1, 0.15) is 0 Å². The molecule has 1 aromatic carbocycles. The van der Waals surface area contributed by atoms with Gasteiger partial charge in [-0.3, -0.25) is 15.0 Å². The normalized spacial score (nSPS) is 8.56. The first-order valence-corrected chi connectivity index (χ1v) is 5.97. The van der Waals surface area contributed by atoms with E-state index in [9.17, 15) is 0 Å². The lowest BCUT2D eigenvalue weighted by Gasteiger charge is -1.90. The zero-order valence-electron chi connectivity index (χ0n) is 10.7. The largest absolute Gasteiger partial charge is 0.265 e. The second-order valence-corrected chi connectivity index (χ2v) is 3.07. The van der Waals surface area contributed by atoms with Crippen molar-refractivity contribution in [2.45, 2.75) is 13.8 Å². The molecule has 2 aromatic heterocycles. The second-order valence-electron chi connectivity index (χ2n) is 3.07. The molecular weight excluding hydrogens is 222 g/mol. The van der Waals surface area contributed by atoms with Crippen molar-refractivity contribution < 1.29 is 0 Å². The maximum absolute atomic E-state index is 4.12. The minimum atomic E-state index is 0.949. The molecule has 3 heteroatoms. The van der Waals surface area contributed by atoms with Gasteiger partial charge in [-0.1, -0.05) is 32.0 Å². The summed E-state index contributed by atoms with van der Waals surface area (Å²) in [6.07, 6.45) is 6.89. The van der Waals surface area contributed by atoms with Crippen LogP contribution in [0.4, 0.5) is 0 Å². The van der Waals surface area contributed by atoms with Crippen LogP contribution in [0.3, 0.4) is 0 Å². The second kappa shape index (κ2) is 8.82. The van der Waals surface area contributed by atoms with Crippen molar-refractivity contribution in [1.82, 2.24) is 15.0 Å². The summed E-state index contributed by atoms with van der Waals surface area (Å²) < 4.78 is 0. The molecule has 0 aliphatic rings. The molecule has 0 fully saturated rings. The predicted molar refractivity (Wildman–Crippen MR) is 75.1 cm³/mol. The minimum absolute atomic E-state index is 0.949. The highest BCUT2D eigenvalue weighted by Crippen LogP contribution is 2.04. The van der Waals surface area contributed by atoms with Crippen molar-refractivity contribution in [3.05, 3.63) is 67.3 Å². The van der Waals surface area contributed by atoms with Crippen molar-refractivity contribution >= 4 is 11.0 Å². The van der Waals surface area contributed by atoms with Crippen LogP contribution in [-0.2, 0) is 0 Å². The van der Waals surface area contributed by atoms with Crippen LogP contribution in [-0.4, -0.2) is 15.0 Å². The van der Waals surface area contributed by atoms with Gasteiger partial charge in [-0.2, -0.15) is 0 Å². The van der Waals surface area contributed by atoms with Gasteiger partial charge in [0.25, 0.3) is 0 Å². The van der Waals surface area contributed by atoms with Crippen LogP contribution < -0.4 is 0 Å². The first kappa shape index (κ1) is 13.8. The van der Waals surface area contributed by atoms with E-state index in [2.05, 4.69) is 15.0 Å². The lowest BCUT2D eigenvalue weighted by Crippen LogP contribution is -1.78. The Kier molecular flexibility index (Phi) is 6.75. The van der Waals surface area contributed by atoms with Gasteiger partial charge >= 0.3 is 0 Å². The molecule has 0 saturated heterocycles. The van der Waals surface area contributed by atoms with Gasteiger partial charge in [0.05, 0.1) is 11.0 Å².